The maximum absolute atomic E-state index is 4.32. The van der Waals surface area contributed by atoms with Crippen molar-refractivity contribution in [2.45, 2.75) is 39.4 Å². The molecule has 0 saturated carbocycles. The fourth-order valence-electron chi connectivity index (χ4n) is 1.59. The summed E-state index contributed by atoms with van der Waals surface area (Å²) in [7, 11) is 1.86. The van der Waals surface area contributed by atoms with Crippen LogP contribution in [0, 0.1) is 0 Å². The van der Waals surface area contributed by atoms with Crippen molar-refractivity contribution in [3.05, 3.63) is 29.8 Å². The molecular formula is C12H20N6. The molecule has 0 aliphatic rings. The van der Waals surface area contributed by atoms with Crippen molar-refractivity contribution in [2.75, 3.05) is 0 Å². The first-order valence-electron chi connectivity index (χ1n) is 6.04. The second-order valence-electron chi connectivity index (χ2n) is 5.53. The molecule has 18 heavy (non-hydrogen) atoms. The van der Waals surface area contributed by atoms with Gasteiger partial charge < -0.3 is 5.32 Å². The number of hydrogen-bond acceptors (Lipinski definition) is 4. The van der Waals surface area contributed by atoms with Crippen LogP contribution < -0.4 is 5.32 Å². The van der Waals surface area contributed by atoms with Gasteiger partial charge in [0.1, 0.15) is 5.69 Å². The Bertz CT molecular complexity index is 505. The average molecular weight is 248 g/mol. The van der Waals surface area contributed by atoms with Crippen molar-refractivity contribution in [1.29, 1.82) is 0 Å². The van der Waals surface area contributed by atoms with E-state index in [1.54, 1.807) is 4.68 Å². The van der Waals surface area contributed by atoms with Crippen LogP contribution in [-0.4, -0.2) is 30.3 Å². The van der Waals surface area contributed by atoms with E-state index in [2.05, 4.69) is 41.5 Å². The lowest BCUT2D eigenvalue weighted by atomic mass is 10.1. The van der Waals surface area contributed by atoms with E-state index < -0.39 is 0 Å². The lowest BCUT2D eigenvalue weighted by Gasteiger charge is -2.19. The Morgan fingerprint density at radius 2 is 2.06 bits per heavy atom. The fourth-order valence-corrected chi connectivity index (χ4v) is 1.59. The summed E-state index contributed by atoms with van der Waals surface area (Å²) in [6, 6.07) is 0. The summed E-state index contributed by atoms with van der Waals surface area (Å²) in [5, 5.41) is 15.7. The van der Waals surface area contributed by atoms with Crippen LogP contribution in [0.1, 0.15) is 32.0 Å². The lowest BCUT2D eigenvalue weighted by molar-refractivity contribution is 0.424. The molecule has 0 aliphatic carbocycles. The quantitative estimate of drug-likeness (QED) is 0.875. The molecule has 2 rings (SSSR count). The molecule has 2 heterocycles. The third kappa shape index (κ3) is 3.66. The van der Waals surface area contributed by atoms with E-state index in [0.29, 0.717) is 6.54 Å². The zero-order chi connectivity index (χ0) is 13.2. The summed E-state index contributed by atoms with van der Waals surface area (Å²) in [5.74, 6) is 0. The molecule has 0 radical (unpaired) electrons. The fraction of sp³-hybridized carbons (Fsp3) is 0.583. The van der Waals surface area contributed by atoms with Crippen LogP contribution in [0.3, 0.4) is 0 Å². The van der Waals surface area contributed by atoms with Crippen molar-refractivity contribution in [3.8, 4) is 0 Å². The number of nitrogens with zero attached hydrogens (tertiary/aromatic N) is 5. The van der Waals surface area contributed by atoms with E-state index in [1.807, 2.05) is 30.3 Å². The van der Waals surface area contributed by atoms with E-state index in [0.717, 1.165) is 12.2 Å². The molecule has 0 fully saturated rings. The highest BCUT2D eigenvalue weighted by molar-refractivity contribution is 5.05. The SMILES string of the molecule is Cn1cc(Cn2cc(CNC(C)(C)C)cn2)nn1. The van der Waals surface area contributed by atoms with Gasteiger partial charge in [0.15, 0.2) is 0 Å². The maximum Gasteiger partial charge on any atom is 0.104 e. The summed E-state index contributed by atoms with van der Waals surface area (Å²) in [4.78, 5) is 0. The van der Waals surface area contributed by atoms with E-state index >= 15 is 0 Å². The zero-order valence-corrected chi connectivity index (χ0v) is 11.4. The predicted octanol–water partition coefficient (Wildman–Crippen LogP) is 0.948. The molecule has 98 valence electrons. The number of aromatic nitrogens is 5. The Balaban J connectivity index is 1.94. The second kappa shape index (κ2) is 4.89. The normalized spacial score (nSPS) is 12.0. The van der Waals surface area contributed by atoms with Gasteiger partial charge in [-0.1, -0.05) is 5.21 Å². The third-order valence-electron chi connectivity index (χ3n) is 2.48. The summed E-state index contributed by atoms with van der Waals surface area (Å²) < 4.78 is 3.57. The summed E-state index contributed by atoms with van der Waals surface area (Å²) >= 11 is 0. The summed E-state index contributed by atoms with van der Waals surface area (Å²) in [6.07, 6.45) is 5.82. The van der Waals surface area contributed by atoms with Crippen LogP contribution in [0.2, 0.25) is 0 Å². The topological polar surface area (TPSA) is 60.6 Å². The Morgan fingerprint density at radius 3 is 2.67 bits per heavy atom. The van der Waals surface area contributed by atoms with Gasteiger partial charge in [-0.05, 0) is 20.8 Å². The molecule has 0 spiro atoms. The molecule has 0 aliphatic heterocycles. The van der Waals surface area contributed by atoms with Crippen LogP contribution >= 0.6 is 0 Å². The first kappa shape index (κ1) is 12.8. The first-order chi connectivity index (χ1) is 8.42. The molecule has 0 saturated heterocycles. The molecule has 1 N–H and O–H groups in total. The van der Waals surface area contributed by atoms with Crippen LogP contribution in [0.4, 0.5) is 0 Å². The molecule has 0 atom stereocenters. The van der Waals surface area contributed by atoms with Gasteiger partial charge in [0, 0.05) is 37.1 Å². The van der Waals surface area contributed by atoms with Crippen LogP contribution in [-0.2, 0) is 20.1 Å². The van der Waals surface area contributed by atoms with Crippen molar-refractivity contribution >= 4 is 0 Å². The molecule has 2 aromatic rings. The summed E-state index contributed by atoms with van der Waals surface area (Å²) in [5.41, 5.74) is 2.21. The third-order valence-corrected chi connectivity index (χ3v) is 2.48. The molecule has 0 aromatic carbocycles. The van der Waals surface area contributed by atoms with Gasteiger partial charge in [-0.3, -0.25) is 9.36 Å². The smallest absolute Gasteiger partial charge is 0.104 e. The maximum atomic E-state index is 4.32. The van der Waals surface area contributed by atoms with Crippen molar-refractivity contribution in [2.24, 2.45) is 7.05 Å². The van der Waals surface area contributed by atoms with Gasteiger partial charge in [-0.15, -0.1) is 5.10 Å². The van der Waals surface area contributed by atoms with Gasteiger partial charge in [0.25, 0.3) is 0 Å². The Hall–Kier alpha value is -1.69. The monoisotopic (exact) mass is 248 g/mol. The number of rotatable bonds is 4. The van der Waals surface area contributed by atoms with Gasteiger partial charge in [-0.2, -0.15) is 5.10 Å². The van der Waals surface area contributed by atoms with Crippen molar-refractivity contribution in [1.82, 2.24) is 30.1 Å². The van der Waals surface area contributed by atoms with Crippen molar-refractivity contribution in [3.63, 3.8) is 0 Å². The van der Waals surface area contributed by atoms with E-state index in [4.69, 9.17) is 0 Å². The second-order valence-corrected chi connectivity index (χ2v) is 5.53. The van der Waals surface area contributed by atoms with Gasteiger partial charge in [0.05, 0.1) is 12.7 Å². The zero-order valence-electron chi connectivity index (χ0n) is 11.4. The van der Waals surface area contributed by atoms with E-state index in [-0.39, 0.29) is 5.54 Å². The number of aryl methyl sites for hydroxylation is 1. The molecular weight excluding hydrogens is 228 g/mol. The lowest BCUT2D eigenvalue weighted by Crippen LogP contribution is -2.34. The highest BCUT2D eigenvalue weighted by Crippen LogP contribution is 2.04. The Kier molecular flexibility index (Phi) is 3.47. The van der Waals surface area contributed by atoms with Crippen LogP contribution in [0.5, 0.6) is 0 Å². The summed E-state index contributed by atoms with van der Waals surface area (Å²) in [6.45, 7) is 7.93. The highest BCUT2D eigenvalue weighted by Gasteiger charge is 2.09. The number of nitrogens with one attached hydrogen (secondary N) is 1. The highest BCUT2D eigenvalue weighted by atomic mass is 15.4. The van der Waals surface area contributed by atoms with Gasteiger partial charge >= 0.3 is 0 Å². The Morgan fingerprint density at radius 1 is 1.28 bits per heavy atom. The van der Waals surface area contributed by atoms with E-state index in [9.17, 15) is 0 Å². The molecule has 0 unspecified atom stereocenters. The van der Waals surface area contributed by atoms with Crippen molar-refractivity contribution < 1.29 is 0 Å². The molecule has 6 heteroatoms. The number of hydrogen-bond donors (Lipinski definition) is 1. The first-order valence-corrected chi connectivity index (χ1v) is 6.04. The van der Waals surface area contributed by atoms with Crippen LogP contribution in [0.15, 0.2) is 18.6 Å². The minimum Gasteiger partial charge on any atom is -0.308 e. The molecule has 2 aromatic heterocycles. The Labute approximate surface area is 107 Å². The molecule has 0 amide bonds. The standard InChI is InChI=1S/C12H20N6/c1-12(2,3)13-5-10-6-14-18(7-10)9-11-8-17(4)16-15-11/h6-8,13H,5,9H2,1-4H3. The predicted molar refractivity (Wildman–Crippen MR) is 68.9 cm³/mol. The minimum atomic E-state index is 0.118. The van der Waals surface area contributed by atoms with Gasteiger partial charge in [0.2, 0.25) is 0 Å². The molecule has 6 nitrogen and oxygen atoms in total. The minimum absolute atomic E-state index is 0.118. The largest absolute Gasteiger partial charge is 0.308 e. The van der Waals surface area contributed by atoms with Gasteiger partial charge in [-0.25, -0.2) is 0 Å². The molecule has 0 bridgehead atoms. The van der Waals surface area contributed by atoms with E-state index in [1.165, 1.54) is 5.56 Å². The van der Waals surface area contributed by atoms with Crippen LogP contribution in [0.25, 0.3) is 0 Å². The average Bonchev–Trinajstić information content (AvgIpc) is 2.85.